The second-order valence-electron chi connectivity index (χ2n) is 3.30. The molecule has 1 aromatic rings. The highest BCUT2D eigenvalue weighted by atomic mass is 15.3. The summed E-state index contributed by atoms with van der Waals surface area (Å²) in [6.45, 7) is 3.97. The molecule has 0 saturated carbocycles. The fraction of sp³-hybridized carbons (Fsp3) is 0.417. The van der Waals surface area contributed by atoms with Gasteiger partial charge in [-0.3, -0.25) is 4.99 Å². The molecule has 3 heteroatoms. The Bertz CT molecular complexity index is 306. The number of hydrogen-bond acceptors (Lipinski definition) is 1. The Labute approximate surface area is 91.8 Å². The summed E-state index contributed by atoms with van der Waals surface area (Å²) >= 11 is 0. The molecule has 0 aliphatic heterocycles. The van der Waals surface area contributed by atoms with Crippen LogP contribution in [-0.2, 0) is 6.54 Å². The van der Waals surface area contributed by atoms with Crippen LogP contribution in [0.5, 0.6) is 0 Å². The molecular weight excluding hydrogens is 186 g/mol. The minimum Gasteiger partial charge on any atom is -0.359 e. The SMILES string of the molecule is CCN(Cc1ccccc1)C(=NC)NC. The van der Waals surface area contributed by atoms with Crippen molar-refractivity contribution in [3.63, 3.8) is 0 Å². The third kappa shape index (κ3) is 3.27. The average Bonchev–Trinajstić information content (AvgIpc) is 2.30. The molecule has 15 heavy (non-hydrogen) atoms. The normalized spacial score (nSPS) is 11.3. The van der Waals surface area contributed by atoms with Gasteiger partial charge in [0.2, 0.25) is 0 Å². The van der Waals surface area contributed by atoms with Crippen molar-refractivity contribution in [1.82, 2.24) is 10.2 Å². The molecule has 0 unspecified atom stereocenters. The minimum absolute atomic E-state index is 0.894. The molecule has 0 amide bonds. The Kier molecular flexibility index (Phi) is 4.68. The van der Waals surface area contributed by atoms with E-state index in [0.29, 0.717) is 0 Å². The topological polar surface area (TPSA) is 27.6 Å². The third-order valence-corrected chi connectivity index (χ3v) is 2.33. The second kappa shape index (κ2) is 6.06. The lowest BCUT2D eigenvalue weighted by molar-refractivity contribution is 0.421. The first-order valence-corrected chi connectivity index (χ1v) is 5.25. The molecule has 0 radical (unpaired) electrons. The monoisotopic (exact) mass is 205 g/mol. The van der Waals surface area contributed by atoms with Gasteiger partial charge in [-0.1, -0.05) is 30.3 Å². The van der Waals surface area contributed by atoms with Crippen molar-refractivity contribution in [2.45, 2.75) is 13.5 Å². The van der Waals surface area contributed by atoms with Crippen molar-refractivity contribution in [3.05, 3.63) is 35.9 Å². The maximum Gasteiger partial charge on any atom is 0.193 e. The van der Waals surface area contributed by atoms with Crippen LogP contribution in [0.15, 0.2) is 35.3 Å². The van der Waals surface area contributed by atoms with Gasteiger partial charge in [0.1, 0.15) is 0 Å². The molecule has 0 atom stereocenters. The second-order valence-corrected chi connectivity index (χ2v) is 3.30. The first kappa shape index (κ1) is 11.6. The van der Waals surface area contributed by atoms with Crippen LogP contribution in [0.3, 0.4) is 0 Å². The van der Waals surface area contributed by atoms with E-state index in [-0.39, 0.29) is 0 Å². The Morgan fingerprint density at radius 2 is 2.00 bits per heavy atom. The number of nitrogens with one attached hydrogen (secondary N) is 1. The number of aliphatic imine (C=N–C) groups is 1. The Hall–Kier alpha value is -1.51. The summed E-state index contributed by atoms with van der Waals surface area (Å²) in [6.07, 6.45) is 0. The molecule has 0 aliphatic carbocycles. The highest BCUT2D eigenvalue weighted by molar-refractivity contribution is 5.79. The van der Waals surface area contributed by atoms with Gasteiger partial charge in [0, 0.05) is 27.2 Å². The summed E-state index contributed by atoms with van der Waals surface area (Å²) < 4.78 is 0. The van der Waals surface area contributed by atoms with E-state index in [1.807, 2.05) is 13.1 Å². The van der Waals surface area contributed by atoms with Crippen molar-refractivity contribution in [1.29, 1.82) is 0 Å². The van der Waals surface area contributed by atoms with E-state index in [1.165, 1.54) is 5.56 Å². The van der Waals surface area contributed by atoms with Crippen molar-refractivity contribution >= 4 is 5.96 Å². The van der Waals surface area contributed by atoms with Crippen LogP contribution < -0.4 is 5.32 Å². The van der Waals surface area contributed by atoms with Crippen LogP contribution in [0, 0.1) is 0 Å². The lowest BCUT2D eigenvalue weighted by atomic mass is 10.2. The fourth-order valence-electron chi connectivity index (χ4n) is 1.55. The predicted octanol–water partition coefficient (Wildman–Crippen LogP) is 1.71. The van der Waals surface area contributed by atoms with E-state index in [0.717, 1.165) is 19.0 Å². The van der Waals surface area contributed by atoms with E-state index >= 15 is 0 Å². The number of guanidine groups is 1. The zero-order valence-electron chi connectivity index (χ0n) is 9.70. The maximum absolute atomic E-state index is 4.21. The summed E-state index contributed by atoms with van der Waals surface area (Å²) in [5, 5.41) is 3.10. The number of benzene rings is 1. The highest BCUT2D eigenvalue weighted by Gasteiger charge is 2.06. The van der Waals surface area contributed by atoms with Crippen molar-refractivity contribution in [2.24, 2.45) is 4.99 Å². The van der Waals surface area contributed by atoms with Crippen LogP contribution in [0.4, 0.5) is 0 Å². The van der Waals surface area contributed by atoms with Gasteiger partial charge in [-0.25, -0.2) is 0 Å². The summed E-state index contributed by atoms with van der Waals surface area (Å²) in [5.41, 5.74) is 1.30. The molecular formula is C12H19N3. The smallest absolute Gasteiger partial charge is 0.193 e. The Morgan fingerprint density at radius 1 is 1.33 bits per heavy atom. The molecule has 1 rings (SSSR count). The Balaban J connectivity index is 2.70. The van der Waals surface area contributed by atoms with Gasteiger partial charge in [0.25, 0.3) is 0 Å². The van der Waals surface area contributed by atoms with Gasteiger partial charge in [-0.2, -0.15) is 0 Å². The molecule has 0 saturated heterocycles. The molecule has 1 aromatic carbocycles. The summed E-state index contributed by atoms with van der Waals surface area (Å²) in [5.74, 6) is 0.932. The van der Waals surface area contributed by atoms with Crippen molar-refractivity contribution in [3.8, 4) is 0 Å². The predicted molar refractivity (Wildman–Crippen MR) is 64.9 cm³/mol. The summed E-state index contributed by atoms with van der Waals surface area (Å²) in [4.78, 5) is 6.41. The van der Waals surface area contributed by atoms with Crippen molar-refractivity contribution in [2.75, 3.05) is 20.6 Å². The number of nitrogens with zero attached hydrogens (tertiary/aromatic N) is 2. The first-order chi connectivity index (χ1) is 7.31. The zero-order valence-corrected chi connectivity index (χ0v) is 9.70. The van der Waals surface area contributed by atoms with Crippen LogP contribution in [0.1, 0.15) is 12.5 Å². The molecule has 3 nitrogen and oxygen atoms in total. The lowest BCUT2D eigenvalue weighted by Gasteiger charge is -2.23. The quantitative estimate of drug-likeness (QED) is 0.601. The standard InChI is InChI=1S/C12H19N3/c1-4-15(12(13-2)14-3)10-11-8-6-5-7-9-11/h5-9H,4,10H2,1-3H3,(H,13,14). The minimum atomic E-state index is 0.894. The van der Waals surface area contributed by atoms with Gasteiger partial charge in [-0.05, 0) is 12.5 Å². The van der Waals surface area contributed by atoms with Crippen molar-refractivity contribution < 1.29 is 0 Å². The zero-order chi connectivity index (χ0) is 11.1. The highest BCUT2D eigenvalue weighted by Crippen LogP contribution is 2.04. The molecule has 0 fully saturated rings. The Morgan fingerprint density at radius 3 is 2.47 bits per heavy atom. The van der Waals surface area contributed by atoms with Gasteiger partial charge < -0.3 is 10.2 Å². The van der Waals surface area contributed by atoms with E-state index in [9.17, 15) is 0 Å². The van der Waals surface area contributed by atoms with E-state index < -0.39 is 0 Å². The van der Waals surface area contributed by atoms with Crippen LogP contribution in [-0.4, -0.2) is 31.5 Å². The first-order valence-electron chi connectivity index (χ1n) is 5.25. The van der Waals surface area contributed by atoms with E-state index in [4.69, 9.17) is 0 Å². The van der Waals surface area contributed by atoms with Gasteiger partial charge in [0.15, 0.2) is 5.96 Å². The van der Waals surface area contributed by atoms with E-state index in [2.05, 4.69) is 46.4 Å². The molecule has 0 spiro atoms. The number of rotatable bonds is 3. The third-order valence-electron chi connectivity index (χ3n) is 2.33. The summed E-state index contributed by atoms with van der Waals surface area (Å²) in [6, 6.07) is 10.4. The van der Waals surface area contributed by atoms with Gasteiger partial charge >= 0.3 is 0 Å². The fourth-order valence-corrected chi connectivity index (χ4v) is 1.55. The largest absolute Gasteiger partial charge is 0.359 e. The summed E-state index contributed by atoms with van der Waals surface area (Å²) in [7, 11) is 3.70. The van der Waals surface area contributed by atoms with E-state index in [1.54, 1.807) is 7.05 Å². The average molecular weight is 205 g/mol. The number of hydrogen-bond donors (Lipinski definition) is 1. The van der Waals surface area contributed by atoms with Gasteiger partial charge in [0.05, 0.1) is 0 Å². The van der Waals surface area contributed by atoms with Crippen LogP contribution in [0.25, 0.3) is 0 Å². The molecule has 1 N–H and O–H groups in total. The molecule has 0 aromatic heterocycles. The van der Waals surface area contributed by atoms with Crippen LogP contribution >= 0.6 is 0 Å². The van der Waals surface area contributed by atoms with Gasteiger partial charge in [-0.15, -0.1) is 0 Å². The molecule has 0 bridgehead atoms. The molecule has 0 aliphatic rings. The lowest BCUT2D eigenvalue weighted by Crippen LogP contribution is -2.38. The molecule has 82 valence electrons. The van der Waals surface area contributed by atoms with Crippen LogP contribution in [0.2, 0.25) is 0 Å². The maximum atomic E-state index is 4.21. The molecule has 0 heterocycles.